The van der Waals surface area contributed by atoms with Gasteiger partial charge in [0.1, 0.15) is 0 Å². The van der Waals surface area contributed by atoms with Gasteiger partial charge < -0.3 is 4.74 Å². The summed E-state index contributed by atoms with van der Waals surface area (Å²) in [7, 11) is 0. The highest BCUT2D eigenvalue weighted by Gasteiger charge is 2.22. The number of hydrogen-bond donors (Lipinski definition) is 0. The Bertz CT molecular complexity index is 708. The number of nitro benzene ring substituents is 1. The minimum absolute atomic E-state index is 0.127. The van der Waals surface area contributed by atoms with Gasteiger partial charge in [0, 0.05) is 6.07 Å². The van der Waals surface area contributed by atoms with Gasteiger partial charge in [0.05, 0.1) is 22.7 Å². The van der Waals surface area contributed by atoms with E-state index in [1.807, 2.05) is 30.3 Å². The van der Waals surface area contributed by atoms with E-state index in [9.17, 15) is 14.9 Å². The quantitative estimate of drug-likeness (QED) is 0.277. The van der Waals surface area contributed by atoms with Crippen LogP contribution in [0.25, 0.3) is 11.6 Å². The van der Waals surface area contributed by atoms with Crippen molar-refractivity contribution in [2.45, 2.75) is 6.92 Å². The molecule has 0 saturated heterocycles. The SMILES string of the molecule is CCOC(=O)/C(=C\c1ccccc1)c1ccccc1[N+](=O)[O-]. The van der Waals surface area contributed by atoms with Gasteiger partial charge in [0.2, 0.25) is 0 Å². The second-order valence-corrected chi connectivity index (χ2v) is 4.46. The van der Waals surface area contributed by atoms with Crippen LogP contribution in [0.1, 0.15) is 18.1 Å². The first-order chi connectivity index (χ1) is 10.6. The number of carbonyl (C=O) groups excluding carboxylic acids is 1. The van der Waals surface area contributed by atoms with Crippen molar-refractivity contribution < 1.29 is 14.5 Å². The third kappa shape index (κ3) is 3.58. The van der Waals surface area contributed by atoms with Gasteiger partial charge in [0.25, 0.3) is 5.69 Å². The number of rotatable bonds is 5. The van der Waals surface area contributed by atoms with Crippen LogP contribution in [0.5, 0.6) is 0 Å². The zero-order chi connectivity index (χ0) is 15.9. The molecular formula is C17H15NO4. The summed E-state index contributed by atoms with van der Waals surface area (Å²) in [5, 5.41) is 11.2. The largest absolute Gasteiger partial charge is 0.462 e. The number of nitro groups is 1. The number of para-hydroxylation sites is 1. The highest BCUT2D eigenvalue weighted by atomic mass is 16.6. The maximum absolute atomic E-state index is 12.2. The van der Waals surface area contributed by atoms with E-state index in [4.69, 9.17) is 4.74 Å². The predicted octanol–water partition coefficient (Wildman–Crippen LogP) is 3.70. The van der Waals surface area contributed by atoms with Gasteiger partial charge in [-0.2, -0.15) is 0 Å². The molecular weight excluding hydrogens is 282 g/mol. The van der Waals surface area contributed by atoms with Gasteiger partial charge in [-0.15, -0.1) is 0 Å². The molecule has 0 N–H and O–H groups in total. The van der Waals surface area contributed by atoms with Crippen molar-refractivity contribution in [2.24, 2.45) is 0 Å². The van der Waals surface area contributed by atoms with E-state index in [2.05, 4.69) is 0 Å². The summed E-state index contributed by atoms with van der Waals surface area (Å²) < 4.78 is 5.04. The van der Waals surface area contributed by atoms with Crippen molar-refractivity contribution in [3.05, 3.63) is 75.8 Å². The van der Waals surface area contributed by atoms with Crippen molar-refractivity contribution in [1.29, 1.82) is 0 Å². The third-order valence-electron chi connectivity index (χ3n) is 3.00. The Morgan fingerprint density at radius 1 is 1.14 bits per heavy atom. The lowest BCUT2D eigenvalue weighted by atomic mass is 10.0. The van der Waals surface area contributed by atoms with Crippen LogP contribution in [-0.4, -0.2) is 17.5 Å². The molecule has 0 atom stereocenters. The summed E-state index contributed by atoms with van der Waals surface area (Å²) in [6.45, 7) is 1.89. The van der Waals surface area contributed by atoms with E-state index in [0.29, 0.717) is 0 Å². The van der Waals surface area contributed by atoms with Crippen molar-refractivity contribution in [2.75, 3.05) is 6.61 Å². The molecule has 0 aliphatic carbocycles. The van der Waals surface area contributed by atoms with E-state index in [1.165, 1.54) is 6.07 Å². The first kappa shape index (κ1) is 15.4. The van der Waals surface area contributed by atoms with E-state index < -0.39 is 10.9 Å². The Morgan fingerprint density at radius 2 is 1.77 bits per heavy atom. The summed E-state index contributed by atoms with van der Waals surface area (Å²) in [6, 6.07) is 15.3. The zero-order valence-electron chi connectivity index (χ0n) is 12.1. The monoisotopic (exact) mass is 297 g/mol. The fourth-order valence-corrected chi connectivity index (χ4v) is 2.03. The molecule has 0 amide bonds. The molecule has 0 fully saturated rings. The van der Waals surface area contributed by atoms with Gasteiger partial charge in [-0.3, -0.25) is 10.1 Å². The summed E-state index contributed by atoms with van der Waals surface area (Å²) >= 11 is 0. The van der Waals surface area contributed by atoms with Crippen LogP contribution in [0.4, 0.5) is 5.69 Å². The molecule has 0 heterocycles. The second-order valence-electron chi connectivity index (χ2n) is 4.46. The number of benzene rings is 2. The van der Waals surface area contributed by atoms with E-state index in [1.54, 1.807) is 31.2 Å². The van der Waals surface area contributed by atoms with Crippen molar-refractivity contribution in [3.8, 4) is 0 Å². The van der Waals surface area contributed by atoms with Crippen LogP contribution >= 0.6 is 0 Å². The first-order valence-corrected chi connectivity index (χ1v) is 6.81. The lowest BCUT2D eigenvalue weighted by Gasteiger charge is -2.08. The van der Waals surface area contributed by atoms with E-state index in [0.717, 1.165) is 5.56 Å². The van der Waals surface area contributed by atoms with Gasteiger partial charge >= 0.3 is 5.97 Å². The van der Waals surface area contributed by atoms with Gasteiger partial charge in [-0.25, -0.2) is 4.79 Å². The van der Waals surface area contributed by atoms with E-state index >= 15 is 0 Å². The molecule has 0 bridgehead atoms. The summed E-state index contributed by atoms with van der Waals surface area (Å²) in [5.41, 5.74) is 1.05. The fraction of sp³-hybridized carbons (Fsp3) is 0.118. The third-order valence-corrected chi connectivity index (χ3v) is 3.00. The molecule has 2 rings (SSSR count). The van der Waals surface area contributed by atoms with Crippen LogP contribution in [0.2, 0.25) is 0 Å². The molecule has 0 spiro atoms. The molecule has 0 aromatic heterocycles. The lowest BCUT2D eigenvalue weighted by molar-refractivity contribution is -0.385. The van der Waals surface area contributed by atoms with Crippen LogP contribution < -0.4 is 0 Å². The number of esters is 1. The van der Waals surface area contributed by atoms with E-state index in [-0.39, 0.29) is 23.4 Å². The molecule has 5 heteroatoms. The van der Waals surface area contributed by atoms with Crippen LogP contribution in [-0.2, 0) is 9.53 Å². The molecule has 0 radical (unpaired) electrons. The fourth-order valence-electron chi connectivity index (χ4n) is 2.03. The van der Waals surface area contributed by atoms with Gasteiger partial charge in [-0.1, -0.05) is 42.5 Å². The van der Waals surface area contributed by atoms with Crippen molar-refractivity contribution >= 4 is 23.3 Å². The Kier molecular flexibility index (Phi) is 5.03. The standard InChI is InChI=1S/C17H15NO4/c1-2-22-17(19)15(12-13-8-4-3-5-9-13)14-10-6-7-11-16(14)18(20)21/h3-12H,2H2,1H3/b15-12-. The Morgan fingerprint density at radius 3 is 2.41 bits per heavy atom. The topological polar surface area (TPSA) is 69.4 Å². The molecule has 2 aromatic carbocycles. The maximum Gasteiger partial charge on any atom is 0.339 e. The predicted molar refractivity (Wildman–Crippen MR) is 84.0 cm³/mol. The Balaban J connectivity index is 2.57. The second kappa shape index (κ2) is 7.17. The Labute approximate surface area is 128 Å². The zero-order valence-corrected chi connectivity index (χ0v) is 12.1. The lowest BCUT2D eigenvalue weighted by Crippen LogP contribution is -2.08. The molecule has 112 valence electrons. The highest BCUT2D eigenvalue weighted by molar-refractivity contribution is 6.22. The molecule has 22 heavy (non-hydrogen) atoms. The first-order valence-electron chi connectivity index (χ1n) is 6.81. The van der Waals surface area contributed by atoms with Crippen molar-refractivity contribution in [3.63, 3.8) is 0 Å². The van der Waals surface area contributed by atoms with Gasteiger partial charge in [0.15, 0.2) is 0 Å². The van der Waals surface area contributed by atoms with Gasteiger partial charge in [-0.05, 0) is 24.6 Å². The minimum atomic E-state index is -0.583. The number of hydrogen-bond acceptors (Lipinski definition) is 4. The van der Waals surface area contributed by atoms with Crippen LogP contribution in [0.3, 0.4) is 0 Å². The summed E-state index contributed by atoms with van der Waals surface area (Å²) in [5.74, 6) is -0.583. The molecule has 5 nitrogen and oxygen atoms in total. The molecule has 0 aliphatic heterocycles. The summed E-state index contributed by atoms with van der Waals surface area (Å²) in [6.07, 6.45) is 1.60. The normalized spacial score (nSPS) is 11.0. The number of ether oxygens (including phenoxy) is 1. The number of carbonyl (C=O) groups is 1. The molecule has 2 aromatic rings. The average molecular weight is 297 g/mol. The average Bonchev–Trinajstić information content (AvgIpc) is 2.53. The molecule has 0 aliphatic rings. The molecule has 0 saturated carbocycles. The smallest absolute Gasteiger partial charge is 0.339 e. The Hall–Kier alpha value is -2.95. The maximum atomic E-state index is 12.2. The highest BCUT2D eigenvalue weighted by Crippen LogP contribution is 2.28. The van der Waals surface area contributed by atoms with Crippen LogP contribution in [0.15, 0.2) is 54.6 Å². The number of nitrogens with zero attached hydrogens (tertiary/aromatic N) is 1. The van der Waals surface area contributed by atoms with Crippen molar-refractivity contribution in [1.82, 2.24) is 0 Å². The molecule has 0 unspecified atom stereocenters. The summed E-state index contributed by atoms with van der Waals surface area (Å²) in [4.78, 5) is 22.9. The minimum Gasteiger partial charge on any atom is -0.462 e. The van der Waals surface area contributed by atoms with Crippen LogP contribution in [0, 0.1) is 10.1 Å².